The minimum atomic E-state index is -0.604. The first-order valence-electron chi connectivity index (χ1n) is 10.6. The van der Waals surface area contributed by atoms with Gasteiger partial charge in [0.15, 0.2) is 18.1 Å². The van der Waals surface area contributed by atoms with Crippen molar-refractivity contribution < 1.29 is 24.0 Å². The van der Waals surface area contributed by atoms with E-state index in [1.54, 1.807) is 23.1 Å². The van der Waals surface area contributed by atoms with Crippen molar-refractivity contribution in [3.63, 3.8) is 0 Å². The van der Waals surface area contributed by atoms with E-state index in [1.807, 2.05) is 0 Å². The summed E-state index contributed by atoms with van der Waals surface area (Å²) in [7, 11) is 1.48. The average Bonchev–Trinajstić information content (AvgIpc) is 2.81. The highest BCUT2D eigenvalue weighted by Gasteiger charge is 2.28. The number of rotatable bonds is 9. The molecular formula is C23H26ClN3O6. The summed E-state index contributed by atoms with van der Waals surface area (Å²) in [5.41, 5.74) is 5.84. The maximum Gasteiger partial charge on any atom is 0.288 e. The Kier molecular flexibility index (Phi) is 8.11. The van der Waals surface area contributed by atoms with Crippen molar-refractivity contribution in [1.29, 1.82) is 0 Å². The van der Waals surface area contributed by atoms with Crippen molar-refractivity contribution in [2.45, 2.75) is 44.7 Å². The molecule has 0 saturated heterocycles. The van der Waals surface area contributed by atoms with Crippen LogP contribution < -0.4 is 15.2 Å². The highest BCUT2D eigenvalue weighted by atomic mass is 35.5. The van der Waals surface area contributed by atoms with E-state index in [-0.39, 0.29) is 41.4 Å². The van der Waals surface area contributed by atoms with Crippen LogP contribution in [0, 0.1) is 10.1 Å². The monoisotopic (exact) mass is 475 g/mol. The summed E-state index contributed by atoms with van der Waals surface area (Å²) in [6, 6.07) is 9.30. The fourth-order valence-corrected chi connectivity index (χ4v) is 4.17. The first-order chi connectivity index (χ1) is 15.8. The maximum absolute atomic E-state index is 13.5. The zero-order chi connectivity index (χ0) is 24.0. The lowest BCUT2D eigenvalue weighted by molar-refractivity contribution is -0.384. The summed E-state index contributed by atoms with van der Waals surface area (Å²) in [5.74, 6) is -0.127. The lowest BCUT2D eigenvalue weighted by Crippen LogP contribution is -2.41. The molecule has 0 aliphatic heterocycles. The van der Waals surface area contributed by atoms with Crippen molar-refractivity contribution >= 4 is 29.1 Å². The van der Waals surface area contributed by atoms with Crippen molar-refractivity contribution in [3.05, 3.63) is 62.7 Å². The van der Waals surface area contributed by atoms with Crippen LogP contribution in [-0.2, 0) is 11.3 Å². The number of nitro benzene ring substituents is 1. The Hall–Kier alpha value is -3.33. The number of carbonyl (C=O) groups excluding carboxylic acids is 2. The number of halogens is 1. The molecule has 0 radical (unpaired) electrons. The molecular weight excluding hydrogens is 450 g/mol. The first-order valence-corrected chi connectivity index (χ1v) is 11.0. The van der Waals surface area contributed by atoms with Crippen molar-refractivity contribution in [3.8, 4) is 11.5 Å². The fraction of sp³-hybridized carbons (Fsp3) is 0.391. The zero-order valence-electron chi connectivity index (χ0n) is 18.3. The van der Waals surface area contributed by atoms with Crippen LogP contribution in [0.5, 0.6) is 11.5 Å². The Morgan fingerprint density at radius 1 is 1.15 bits per heavy atom. The number of nitro groups is 1. The molecule has 1 saturated carbocycles. The molecule has 2 amide bonds. The van der Waals surface area contributed by atoms with Crippen LogP contribution >= 0.6 is 11.6 Å². The molecule has 0 spiro atoms. The van der Waals surface area contributed by atoms with Crippen molar-refractivity contribution in [2.75, 3.05) is 13.7 Å². The van der Waals surface area contributed by atoms with Crippen LogP contribution in [0.2, 0.25) is 5.02 Å². The van der Waals surface area contributed by atoms with Gasteiger partial charge >= 0.3 is 0 Å². The van der Waals surface area contributed by atoms with Crippen LogP contribution in [0.15, 0.2) is 36.4 Å². The Morgan fingerprint density at radius 2 is 1.88 bits per heavy atom. The number of ether oxygens (including phenoxy) is 2. The first kappa shape index (κ1) is 24.3. The number of amides is 2. The van der Waals surface area contributed by atoms with Gasteiger partial charge in [0.2, 0.25) is 0 Å². The van der Waals surface area contributed by atoms with E-state index in [0.717, 1.165) is 37.7 Å². The Balaban J connectivity index is 1.90. The number of hydrogen-bond donors (Lipinski definition) is 1. The average molecular weight is 476 g/mol. The van der Waals surface area contributed by atoms with Crippen molar-refractivity contribution in [1.82, 2.24) is 4.90 Å². The van der Waals surface area contributed by atoms with Gasteiger partial charge in [-0.2, -0.15) is 0 Å². The maximum atomic E-state index is 13.5. The van der Waals surface area contributed by atoms with E-state index >= 15 is 0 Å². The van der Waals surface area contributed by atoms with Gasteiger partial charge in [-0.05, 0) is 42.7 Å². The predicted octanol–water partition coefficient (Wildman–Crippen LogP) is 4.10. The molecule has 9 nitrogen and oxygen atoms in total. The smallest absolute Gasteiger partial charge is 0.288 e. The number of hydrogen-bond acceptors (Lipinski definition) is 6. The van der Waals surface area contributed by atoms with Gasteiger partial charge in [0, 0.05) is 24.2 Å². The lowest BCUT2D eigenvalue weighted by Gasteiger charge is -2.34. The molecule has 1 aliphatic carbocycles. The molecule has 176 valence electrons. The number of nitrogens with two attached hydrogens (primary N) is 1. The minimum Gasteiger partial charge on any atom is -0.493 e. The topological polar surface area (TPSA) is 125 Å². The quantitative estimate of drug-likeness (QED) is 0.430. The van der Waals surface area contributed by atoms with E-state index in [9.17, 15) is 19.7 Å². The van der Waals surface area contributed by atoms with Crippen LogP contribution in [0.3, 0.4) is 0 Å². The van der Waals surface area contributed by atoms with Crippen LogP contribution in [0.25, 0.3) is 0 Å². The van der Waals surface area contributed by atoms with Gasteiger partial charge < -0.3 is 20.1 Å². The van der Waals surface area contributed by atoms with E-state index in [4.69, 9.17) is 26.8 Å². The zero-order valence-corrected chi connectivity index (χ0v) is 19.0. The third-order valence-corrected chi connectivity index (χ3v) is 5.94. The molecule has 0 unspecified atom stereocenters. The molecule has 0 aromatic heterocycles. The standard InChI is InChI=1S/C23H26ClN3O6/c1-32-21-11-15(7-10-20(21)33-14-22(25)28)13-26(17-5-3-2-4-6-17)23(29)16-8-9-18(24)19(12-16)27(30)31/h7-12,17H,2-6,13-14H2,1H3,(H2,25,28). The summed E-state index contributed by atoms with van der Waals surface area (Å²) in [6.07, 6.45) is 4.86. The molecule has 1 fully saturated rings. The third-order valence-electron chi connectivity index (χ3n) is 5.62. The van der Waals surface area contributed by atoms with Gasteiger partial charge in [-0.1, -0.05) is 36.9 Å². The second kappa shape index (κ2) is 11.0. The molecule has 0 atom stereocenters. The normalized spacial score (nSPS) is 13.9. The van der Waals surface area contributed by atoms with Crippen molar-refractivity contribution in [2.24, 2.45) is 5.73 Å². The molecule has 0 bridgehead atoms. The SMILES string of the molecule is COc1cc(CN(C(=O)c2ccc(Cl)c([N+](=O)[O-])c2)C2CCCCC2)ccc1OCC(N)=O. The summed E-state index contributed by atoms with van der Waals surface area (Å²) in [4.78, 5) is 37.0. The highest BCUT2D eigenvalue weighted by molar-refractivity contribution is 6.32. The van der Waals surface area contributed by atoms with Gasteiger partial charge in [-0.15, -0.1) is 0 Å². The van der Waals surface area contributed by atoms with Gasteiger partial charge in [-0.25, -0.2) is 0 Å². The molecule has 10 heteroatoms. The number of primary amides is 1. The molecule has 0 heterocycles. The largest absolute Gasteiger partial charge is 0.493 e. The van der Waals surface area contributed by atoms with Gasteiger partial charge in [-0.3, -0.25) is 19.7 Å². The lowest BCUT2D eigenvalue weighted by atomic mass is 9.93. The molecule has 33 heavy (non-hydrogen) atoms. The molecule has 3 rings (SSSR count). The Bertz CT molecular complexity index is 1040. The minimum absolute atomic E-state index is 0.0118. The second-order valence-corrected chi connectivity index (χ2v) is 8.30. The molecule has 1 aliphatic rings. The van der Waals surface area contributed by atoms with E-state index in [0.29, 0.717) is 11.5 Å². The second-order valence-electron chi connectivity index (χ2n) is 7.89. The van der Waals surface area contributed by atoms with E-state index in [1.165, 1.54) is 25.3 Å². The number of benzene rings is 2. The van der Waals surface area contributed by atoms with Gasteiger partial charge in [0.05, 0.1) is 12.0 Å². The van der Waals surface area contributed by atoms with Gasteiger partial charge in [0.25, 0.3) is 17.5 Å². The predicted molar refractivity (Wildman–Crippen MR) is 123 cm³/mol. The third kappa shape index (κ3) is 6.13. The van der Waals surface area contributed by atoms with Crippen LogP contribution in [-0.4, -0.2) is 41.4 Å². The summed E-state index contributed by atoms with van der Waals surface area (Å²) >= 11 is 5.93. The molecule has 2 N–H and O–H groups in total. The van der Waals surface area contributed by atoms with Crippen LogP contribution in [0.4, 0.5) is 5.69 Å². The number of nitrogens with zero attached hydrogens (tertiary/aromatic N) is 2. The summed E-state index contributed by atoms with van der Waals surface area (Å²) in [6.45, 7) is 0.00409. The number of methoxy groups -OCH3 is 1. The molecule has 2 aromatic carbocycles. The fourth-order valence-electron chi connectivity index (χ4n) is 3.99. The molecule has 2 aromatic rings. The van der Waals surface area contributed by atoms with Crippen LogP contribution in [0.1, 0.15) is 48.0 Å². The summed E-state index contributed by atoms with van der Waals surface area (Å²) in [5, 5.41) is 11.3. The van der Waals surface area contributed by atoms with Gasteiger partial charge in [0.1, 0.15) is 5.02 Å². The summed E-state index contributed by atoms with van der Waals surface area (Å²) < 4.78 is 10.7. The van der Waals surface area contributed by atoms with E-state index < -0.39 is 10.8 Å². The Labute approximate surface area is 196 Å². The Morgan fingerprint density at radius 3 is 2.52 bits per heavy atom. The highest BCUT2D eigenvalue weighted by Crippen LogP contribution is 2.32. The van der Waals surface area contributed by atoms with E-state index in [2.05, 4.69) is 0 Å². The number of carbonyl (C=O) groups is 2.